The van der Waals surface area contributed by atoms with Gasteiger partial charge in [0, 0.05) is 11.1 Å². The van der Waals surface area contributed by atoms with Gasteiger partial charge >= 0.3 is 6.36 Å². The predicted molar refractivity (Wildman–Crippen MR) is 65.7 cm³/mol. The standard InChI is InChI=1S/C12H10ClF3N2O/c1-8(13)9(2)18(7-17)10-4-3-5-11(6-10)19-12(14,15)16/h3-6,9H,1H2,2H3. The molecule has 0 fully saturated rings. The second kappa shape index (κ2) is 5.85. The molecule has 1 aromatic carbocycles. The third-order valence-corrected chi connectivity index (χ3v) is 2.59. The molecule has 0 N–H and O–H groups in total. The van der Waals surface area contributed by atoms with Crippen LogP contribution in [0, 0.1) is 11.5 Å². The van der Waals surface area contributed by atoms with Gasteiger partial charge in [0.05, 0.1) is 11.7 Å². The van der Waals surface area contributed by atoms with Gasteiger partial charge < -0.3 is 4.74 Å². The van der Waals surface area contributed by atoms with E-state index in [9.17, 15) is 13.2 Å². The normalized spacial score (nSPS) is 12.4. The van der Waals surface area contributed by atoms with E-state index in [1.165, 1.54) is 12.1 Å². The first-order chi connectivity index (χ1) is 8.74. The van der Waals surface area contributed by atoms with Crippen molar-refractivity contribution in [3.05, 3.63) is 35.9 Å². The van der Waals surface area contributed by atoms with Crippen LogP contribution in [0.3, 0.4) is 0 Å². The van der Waals surface area contributed by atoms with Crippen molar-refractivity contribution in [3.63, 3.8) is 0 Å². The lowest BCUT2D eigenvalue weighted by atomic mass is 10.2. The van der Waals surface area contributed by atoms with Crippen LogP contribution in [0.5, 0.6) is 5.75 Å². The number of anilines is 1. The minimum atomic E-state index is -4.78. The number of benzene rings is 1. The van der Waals surface area contributed by atoms with Crippen molar-refractivity contribution >= 4 is 17.3 Å². The van der Waals surface area contributed by atoms with Gasteiger partial charge in [0.2, 0.25) is 0 Å². The van der Waals surface area contributed by atoms with Crippen molar-refractivity contribution in [1.82, 2.24) is 0 Å². The number of nitriles is 1. The van der Waals surface area contributed by atoms with Gasteiger partial charge in [0.1, 0.15) is 5.75 Å². The zero-order chi connectivity index (χ0) is 14.6. The number of alkyl halides is 3. The van der Waals surface area contributed by atoms with Crippen molar-refractivity contribution in [3.8, 4) is 11.9 Å². The van der Waals surface area contributed by atoms with Gasteiger partial charge in [-0.2, -0.15) is 5.26 Å². The number of ether oxygens (including phenoxy) is 1. The first kappa shape index (κ1) is 15.2. The Morgan fingerprint density at radius 1 is 1.53 bits per heavy atom. The van der Waals surface area contributed by atoms with E-state index in [4.69, 9.17) is 16.9 Å². The number of hydrogen-bond donors (Lipinski definition) is 0. The summed E-state index contributed by atoms with van der Waals surface area (Å²) in [6.45, 7) is 5.10. The average molecular weight is 291 g/mol. The summed E-state index contributed by atoms with van der Waals surface area (Å²) >= 11 is 5.70. The summed E-state index contributed by atoms with van der Waals surface area (Å²) in [6.07, 6.45) is -2.94. The second-order valence-electron chi connectivity index (χ2n) is 3.64. The van der Waals surface area contributed by atoms with Crippen molar-refractivity contribution in [2.45, 2.75) is 19.3 Å². The molecule has 0 aliphatic rings. The topological polar surface area (TPSA) is 36.3 Å². The molecule has 1 unspecified atom stereocenters. The van der Waals surface area contributed by atoms with Crippen LogP contribution in [0.4, 0.5) is 18.9 Å². The Bertz CT molecular complexity index is 510. The van der Waals surface area contributed by atoms with Crippen LogP contribution < -0.4 is 9.64 Å². The third-order valence-electron chi connectivity index (χ3n) is 2.28. The molecule has 0 saturated carbocycles. The Morgan fingerprint density at radius 3 is 2.63 bits per heavy atom. The van der Waals surface area contributed by atoms with E-state index >= 15 is 0 Å². The molecule has 0 spiro atoms. The molecular weight excluding hydrogens is 281 g/mol. The lowest BCUT2D eigenvalue weighted by Crippen LogP contribution is -2.28. The molecule has 0 aliphatic heterocycles. The largest absolute Gasteiger partial charge is 0.573 e. The van der Waals surface area contributed by atoms with Gasteiger partial charge in [-0.05, 0) is 19.1 Å². The van der Waals surface area contributed by atoms with Crippen LogP contribution >= 0.6 is 11.6 Å². The fraction of sp³-hybridized carbons (Fsp3) is 0.250. The van der Waals surface area contributed by atoms with Crippen LogP contribution in [-0.4, -0.2) is 12.4 Å². The van der Waals surface area contributed by atoms with E-state index in [2.05, 4.69) is 11.3 Å². The maximum atomic E-state index is 12.1. The van der Waals surface area contributed by atoms with Crippen molar-refractivity contribution in [2.75, 3.05) is 4.90 Å². The van der Waals surface area contributed by atoms with Gasteiger partial charge in [-0.15, -0.1) is 13.2 Å². The van der Waals surface area contributed by atoms with E-state index in [1.807, 2.05) is 6.19 Å². The lowest BCUT2D eigenvalue weighted by Gasteiger charge is -2.23. The molecule has 102 valence electrons. The van der Waals surface area contributed by atoms with Gasteiger partial charge in [0.15, 0.2) is 6.19 Å². The Hall–Kier alpha value is -1.87. The zero-order valence-corrected chi connectivity index (χ0v) is 10.7. The molecule has 0 aliphatic carbocycles. The van der Waals surface area contributed by atoms with Gasteiger partial charge in [0.25, 0.3) is 0 Å². The minimum absolute atomic E-state index is 0.198. The van der Waals surface area contributed by atoms with Crippen LogP contribution in [0.25, 0.3) is 0 Å². The third kappa shape index (κ3) is 4.38. The summed E-state index contributed by atoms with van der Waals surface area (Å²) in [6, 6.07) is 4.53. The molecule has 0 aromatic heterocycles. The quantitative estimate of drug-likeness (QED) is 0.621. The van der Waals surface area contributed by atoms with E-state index in [0.29, 0.717) is 0 Å². The maximum absolute atomic E-state index is 12.1. The van der Waals surface area contributed by atoms with Crippen LogP contribution in [0.1, 0.15) is 6.92 Å². The summed E-state index contributed by atoms with van der Waals surface area (Å²) in [7, 11) is 0. The Balaban J connectivity index is 3.04. The number of nitrogens with zero attached hydrogens (tertiary/aromatic N) is 2. The molecule has 1 rings (SSSR count). The van der Waals surface area contributed by atoms with Crippen LogP contribution in [0.2, 0.25) is 0 Å². The lowest BCUT2D eigenvalue weighted by molar-refractivity contribution is -0.274. The second-order valence-corrected chi connectivity index (χ2v) is 4.12. The van der Waals surface area contributed by atoms with E-state index in [0.717, 1.165) is 17.0 Å². The minimum Gasteiger partial charge on any atom is -0.406 e. The highest BCUT2D eigenvalue weighted by molar-refractivity contribution is 6.30. The van der Waals surface area contributed by atoms with Crippen molar-refractivity contribution < 1.29 is 17.9 Å². The first-order valence-electron chi connectivity index (χ1n) is 5.13. The maximum Gasteiger partial charge on any atom is 0.573 e. The molecule has 7 heteroatoms. The molecule has 3 nitrogen and oxygen atoms in total. The summed E-state index contributed by atoms with van der Waals surface area (Å²) in [5.41, 5.74) is 0.235. The molecular formula is C12H10ClF3N2O. The molecule has 1 aromatic rings. The molecule has 0 bridgehead atoms. The average Bonchev–Trinajstić information content (AvgIpc) is 2.27. The predicted octanol–water partition coefficient (Wildman–Crippen LogP) is 4.01. The highest BCUT2D eigenvalue weighted by Crippen LogP contribution is 2.28. The smallest absolute Gasteiger partial charge is 0.406 e. The zero-order valence-electron chi connectivity index (χ0n) is 9.91. The molecule has 0 saturated heterocycles. The number of hydrogen-bond acceptors (Lipinski definition) is 3. The SMILES string of the molecule is C=C(Cl)C(C)N(C#N)c1cccc(OC(F)(F)F)c1. The molecule has 1 atom stereocenters. The van der Waals surface area contributed by atoms with E-state index < -0.39 is 18.2 Å². The summed E-state index contributed by atoms with van der Waals surface area (Å²) in [5, 5.41) is 9.23. The van der Waals surface area contributed by atoms with Crippen molar-refractivity contribution in [1.29, 1.82) is 5.26 Å². The Kier molecular flexibility index (Phi) is 4.67. The molecule has 0 amide bonds. The monoisotopic (exact) mass is 290 g/mol. The fourth-order valence-electron chi connectivity index (χ4n) is 1.34. The number of halogens is 4. The first-order valence-corrected chi connectivity index (χ1v) is 5.51. The van der Waals surface area contributed by atoms with Gasteiger partial charge in [-0.25, -0.2) is 0 Å². The fourth-order valence-corrected chi connectivity index (χ4v) is 1.44. The highest BCUT2D eigenvalue weighted by Gasteiger charge is 2.31. The van der Waals surface area contributed by atoms with Gasteiger partial charge in [-0.3, -0.25) is 4.90 Å². The Morgan fingerprint density at radius 2 is 2.16 bits per heavy atom. The summed E-state index contributed by atoms with van der Waals surface area (Å²) in [4.78, 5) is 1.14. The summed E-state index contributed by atoms with van der Waals surface area (Å²) in [5.74, 6) is -0.405. The molecule has 0 radical (unpaired) electrons. The van der Waals surface area contributed by atoms with Gasteiger partial charge in [-0.1, -0.05) is 24.2 Å². The molecule has 19 heavy (non-hydrogen) atoms. The summed E-state index contributed by atoms with van der Waals surface area (Å²) < 4.78 is 40.1. The highest BCUT2D eigenvalue weighted by atomic mass is 35.5. The van der Waals surface area contributed by atoms with E-state index in [-0.39, 0.29) is 10.7 Å². The van der Waals surface area contributed by atoms with Crippen LogP contribution in [0.15, 0.2) is 35.9 Å². The van der Waals surface area contributed by atoms with Crippen molar-refractivity contribution in [2.24, 2.45) is 0 Å². The number of rotatable bonds is 4. The van der Waals surface area contributed by atoms with E-state index in [1.54, 1.807) is 6.92 Å². The molecule has 0 heterocycles. The Labute approximate surface area is 113 Å². The van der Waals surface area contributed by atoms with Crippen LogP contribution in [-0.2, 0) is 0 Å².